The van der Waals surface area contributed by atoms with E-state index in [1.54, 1.807) is 11.3 Å². The number of hydrogen-bond acceptors (Lipinski definition) is 2. The number of rotatable bonds is 3. The zero-order valence-electron chi connectivity index (χ0n) is 10.3. The smallest absolute Gasteiger partial charge is 0.379 e. The molecule has 0 bridgehead atoms. The lowest BCUT2D eigenvalue weighted by Crippen LogP contribution is -2.06. The van der Waals surface area contributed by atoms with E-state index < -0.39 is 11.7 Å². The van der Waals surface area contributed by atoms with Gasteiger partial charge in [0.15, 0.2) is 0 Å². The first-order valence-electron chi connectivity index (χ1n) is 5.63. The Morgan fingerprint density at radius 3 is 2.40 bits per heavy atom. The molecule has 1 N–H and O–H groups in total. The minimum atomic E-state index is -4.33. The van der Waals surface area contributed by atoms with Gasteiger partial charge in [-0.1, -0.05) is 0 Å². The molecule has 0 saturated carbocycles. The summed E-state index contributed by atoms with van der Waals surface area (Å²) in [7, 11) is 0. The van der Waals surface area contributed by atoms with Gasteiger partial charge in [0.1, 0.15) is 0 Å². The molecular formula is C13H10Br2F3NS. The average Bonchev–Trinajstić information content (AvgIpc) is 2.66. The third-order valence-electron chi connectivity index (χ3n) is 2.65. The van der Waals surface area contributed by atoms with Crippen molar-refractivity contribution in [3.8, 4) is 0 Å². The maximum absolute atomic E-state index is 12.7. The molecule has 0 atom stereocenters. The van der Waals surface area contributed by atoms with Gasteiger partial charge in [0, 0.05) is 30.9 Å². The quantitative estimate of drug-likeness (QED) is 0.612. The molecule has 1 aromatic carbocycles. The molecular weight excluding hydrogens is 419 g/mol. The monoisotopic (exact) mass is 427 g/mol. The van der Waals surface area contributed by atoms with Crippen molar-refractivity contribution < 1.29 is 13.2 Å². The molecule has 0 spiro atoms. The molecule has 7 heteroatoms. The van der Waals surface area contributed by atoms with Crippen LogP contribution >= 0.6 is 43.2 Å². The zero-order chi connectivity index (χ0) is 14.9. The van der Waals surface area contributed by atoms with Crippen LogP contribution in [0.4, 0.5) is 18.9 Å². The summed E-state index contributed by atoms with van der Waals surface area (Å²) in [4.78, 5) is 2.20. The van der Waals surface area contributed by atoms with Gasteiger partial charge in [-0.3, -0.25) is 0 Å². The number of benzene rings is 1. The first-order chi connectivity index (χ1) is 9.27. The Labute approximate surface area is 135 Å². The summed E-state index contributed by atoms with van der Waals surface area (Å²) in [6, 6.07) is 5.54. The molecule has 1 aromatic heterocycles. The van der Waals surface area contributed by atoms with Gasteiger partial charge >= 0.3 is 6.18 Å². The maximum Gasteiger partial charge on any atom is 0.416 e. The molecule has 2 rings (SSSR count). The number of halogens is 5. The highest BCUT2D eigenvalue weighted by molar-refractivity contribution is 9.11. The van der Waals surface area contributed by atoms with Crippen LogP contribution in [0.15, 0.2) is 33.2 Å². The molecule has 0 fully saturated rings. The highest BCUT2D eigenvalue weighted by Crippen LogP contribution is 2.34. The second-order valence-electron chi connectivity index (χ2n) is 4.16. The lowest BCUT2D eigenvalue weighted by Gasteiger charge is -2.12. The van der Waals surface area contributed by atoms with Gasteiger partial charge in [0.05, 0.1) is 5.56 Å². The summed E-state index contributed by atoms with van der Waals surface area (Å²) < 4.78 is 39.6. The Kier molecular flexibility index (Phi) is 4.81. The fourth-order valence-corrected chi connectivity index (χ4v) is 3.55. The fraction of sp³-hybridized carbons (Fsp3) is 0.231. The van der Waals surface area contributed by atoms with Gasteiger partial charge in [-0.2, -0.15) is 13.2 Å². The van der Waals surface area contributed by atoms with Crippen molar-refractivity contribution >= 4 is 48.9 Å². The fourth-order valence-electron chi connectivity index (χ4n) is 1.62. The Morgan fingerprint density at radius 1 is 1.15 bits per heavy atom. The maximum atomic E-state index is 12.7. The Balaban J connectivity index is 2.16. The van der Waals surface area contributed by atoms with Crippen molar-refractivity contribution in [3.63, 3.8) is 0 Å². The lowest BCUT2D eigenvalue weighted by molar-refractivity contribution is -0.137. The largest absolute Gasteiger partial charge is 0.416 e. The van der Waals surface area contributed by atoms with Crippen molar-refractivity contribution in [1.82, 2.24) is 0 Å². The van der Waals surface area contributed by atoms with Crippen molar-refractivity contribution in [1.29, 1.82) is 0 Å². The van der Waals surface area contributed by atoms with Gasteiger partial charge in [0.25, 0.3) is 0 Å². The van der Waals surface area contributed by atoms with Gasteiger partial charge in [-0.25, -0.2) is 0 Å². The van der Waals surface area contributed by atoms with Crippen LogP contribution < -0.4 is 5.32 Å². The van der Waals surface area contributed by atoms with Crippen LogP contribution in [0.25, 0.3) is 0 Å². The van der Waals surface area contributed by atoms with E-state index in [-0.39, 0.29) is 0 Å². The minimum Gasteiger partial charge on any atom is -0.379 e. The predicted molar refractivity (Wildman–Crippen MR) is 83.2 cm³/mol. The zero-order valence-corrected chi connectivity index (χ0v) is 14.3. The second-order valence-corrected chi connectivity index (χ2v) is 7.21. The van der Waals surface area contributed by atoms with E-state index in [9.17, 15) is 13.2 Å². The second kappa shape index (κ2) is 6.07. The summed E-state index contributed by atoms with van der Waals surface area (Å²) in [5.41, 5.74) is -0.228. The van der Waals surface area contributed by atoms with Gasteiger partial charge in [-0.15, -0.1) is 11.3 Å². The molecule has 1 nitrogen and oxygen atoms in total. The normalized spacial score (nSPS) is 11.7. The van der Waals surface area contributed by atoms with Crippen LogP contribution in [0.1, 0.15) is 15.3 Å². The molecule has 2 aromatic rings. The molecule has 0 aliphatic rings. The van der Waals surface area contributed by atoms with Crippen LogP contribution in [0.2, 0.25) is 0 Å². The lowest BCUT2D eigenvalue weighted by atomic mass is 10.2. The molecule has 108 valence electrons. The Morgan fingerprint density at radius 2 is 1.85 bits per heavy atom. The Bertz CT molecular complexity index is 603. The summed E-state index contributed by atoms with van der Waals surface area (Å²) in [5.74, 6) is 0. The molecule has 0 amide bonds. The van der Waals surface area contributed by atoms with Crippen LogP contribution in [-0.4, -0.2) is 0 Å². The Hall–Kier alpha value is -0.530. The van der Waals surface area contributed by atoms with Crippen molar-refractivity contribution in [3.05, 3.63) is 48.5 Å². The summed E-state index contributed by atoms with van der Waals surface area (Å²) in [5, 5.41) is 3.02. The first-order valence-corrected chi connectivity index (χ1v) is 8.03. The van der Waals surface area contributed by atoms with Crippen molar-refractivity contribution in [2.45, 2.75) is 19.6 Å². The van der Waals surface area contributed by atoms with Crippen molar-refractivity contribution in [2.75, 3.05) is 5.32 Å². The highest BCUT2D eigenvalue weighted by atomic mass is 79.9. The summed E-state index contributed by atoms with van der Waals surface area (Å²) in [6.45, 7) is 2.47. The van der Waals surface area contributed by atoms with Crippen LogP contribution in [0.5, 0.6) is 0 Å². The van der Waals surface area contributed by atoms with E-state index in [4.69, 9.17) is 0 Å². The number of hydrogen-bond donors (Lipinski definition) is 1. The molecule has 0 radical (unpaired) electrons. The van der Waals surface area contributed by atoms with Gasteiger partial charge < -0.3 is 5.32 Å². The number of thiophene rings is 1. The predicted octanol–water partition coefficient (Wildman–Crippen LogP) is 6.21. The summed E-state index contributed by atoms with van der Waals surface area (Å²) >= 11 is 8.28. The molecule has 0 aliphatic carbocycles. The van der Waals surface area contributed by atoms with Crippen LogP contribution in [0, 0.1) is 6.92 Å². The number of anilines is 1. The van der Waals surface area contributed by atoms with Gasteiger partial charge in [-0.05, 0) is 63.0 Å². The van der Waals surface area contributed by atoms with Crippen molar-refractivity contribution in [2.24, 2.45) is 0 Å². The van der Waals surface area contributed by atoms with E-state index in [1.165, 1.54) is 6.07 Å². The average molecular weight is 429 g/mol. The third kappa shape index (κ3) is 3.77. The highest BCUT2D eigenvalue weighted by Gasteiger charge is 2.30. The molecule has 0 aliphatic heterocycles. The van der Waals surface area contributed by atoms with Crippen LogP contribution in [0.3, 0.4) is 0 Å². The first kappa shape index (κ1) is 15.9. The summed E-state index contributed by atoms with van der Waals surface area (Å²) in [6.07, 6.45) is -4.33. The van der Waals surface area contributed by atoms with E-state index in [0.717, 1.165) is 26.4 Å². The number of nitrogens with one attached hydrogen (secondary N) is 1. The van der Waals surface area contributed by atoms with Gasteiger partial charge in [0.2, 0.25) is 0 Å². The third-order valence-corrected chi connectivity index (χ3v) is 5.48. The molecule has 20 heavy (non-hydrogen) atoms. The number of aryl methyl sites for hydroxylation is 1. The van der Waals surface area contributed by atoms with E-state index >= 15 is 0 Å². The van der Waals surface area contributed by atoms with E-state index in [0.29, 0.717) is 16.7 Å². The number of alkyl halides is 3. The molecule has 0 saturated heterocycles. The van der Waals surface area contributed by atoms with Crippen LogP contribution in [-0.2, 0) is 12.7 Å². The minimum absolute atomic E-state index is 0.432. The van der Waals surface area contributed by atoms with E-state index in [2.05, 4.69) is 37.2 Å². The van der Waals surface area contributed by atoms with E-state index in [1.807, 2.05) is 13.0 Å². The SMILES string of the molecule is Cc1sc(CNc2cc(C(F)(F)F)ccc2Br)cc1Br. The topological polar surface area (TPSA) is 12.0 Å². The standard InChI is InChI=1S/C13H10Br2F3NS/c1-7-11(15)5-9(20-7)6-19-12-4-8(13(16,17)18)2-3-10(12)14/h2-5,19H,6H2,1H3. The molecule has 1 heterocycles. The molecule has 0 unspecified atom stereocenters.